The number of aromatic carboxylic acids is 2. The van der Waals surface area contributed by atoms with Crippen molar-refractivity contribution < 1.29 is 34.0 Å². The van der Waals surface area contributed by atoms with Gasteiger partial charge in [0, 0.05) is 0 Å². The standard InChI is InChI=1S/C20H30O7/c1-4-7-10-25-15-13-14(19(21)22)17(26-11-8-5-2)18(16(15)20(23)24)27-12-9-6-3/h13H,4-12H2,1-3H3,(H,21,22)(H,23,24). The first-order chi connectivity index (χ1) is 13.0. The fourth-order valence-corrected chi connectivity index (χ4v) is 2.34. The maximum atomic E-state index is 11.9. The van der Waals surface area contributed by atoms with Gasteiger partial charge in [-0.2, -0.15) is 0 Å². The Bertz CT molecular complexity index is 625. The average molecular weight is 382 g/mol. The molecule has 0 radical (unpaired) electrons. The van der Waals surface area contributed by atoms with Gasteiger partial charge in [0.2, 0.25) is 0 Å². The third kappa shape index (κ3) is 6.66. The molecule has 152 valence electrons. The van der Waals surface area contributed by atoms with Crippen LogP contribution in [-0.4, -0.2) is 42.0 Å². The molecule has 0 saturated carbocycles. The molecule has 2 N–H and O–H groups in total. The number of ether oxygens (including phenoxy) is 3. The topological polar surface area (TPSA) is 102 Å². The van der Waals surface area contributed by atoms with Gasteiger partial charge < -0.3 is 24.4 Å². The van der Waals surface area contributed by atoms with E-state index < -0.39 is 11.9 Å². The van der Waals surface area contributed by atoms with Crippen LogP contribution >= 0.6 is 0 Å². The van der Waals surface area contributed by atoms with Crippen molar-refractivity contribution in [1.29, 1.82) is 0 Å². The molecule has 1 aromatic rings. The van der Waals surface area contributed by atoms with Gasteiger partial charge >= 0.3 is 11.9 Å². The molecule has 0 spiro atoms. The van der Waals surface area contributed by atoms with Gasteiger partial charge in [0.05, 0.1) is 19.8 Å². The van der Waals surface area contributed by atoms with Crippen molar-refractivity contribution in [2.45, 2.75) is 59.3 Å². The number of unbranched alkanes of at least 4 members (excludes halogenated alkanes) is 3. The summed E-state index contributed by atoms with van der Waals surface area (Å²) < 4.78 is 16.9. The van der Waals surface area contributed by atoms with E-state index in [4.69, 9.17) is 14.2 Å². The molecular formula is C20H30O7. The molecule has 0 heterocycles. The molecule has 1 rings (SSSR count). The Labute approximate surface area is 160 Å². The van der Waals surface area contributed by atoms with E-state index in [-0.39, 0.29) is 41.6 Å². The minimum absolute atomic E-state index is 0.0114. The minimum Gasteiger partial charge on any atom is -0.493 e. The van der Waals surface area contributed by atoms with Crippen LogP contribution in [0.2, 0.25) is 0 Å². The zero-order valence-corrected chi connectivity index (χ0v) is 16.4. The molecule has 0 saturated heterocycles. The van der Waals surface area contributed by atoms with Crippen LogP contribution in [0.1, 0.15) is 80.0 Å². The molecule has 0 amide bonds. The summed E-state index contributed by atoms with van der Waals surface area (Å²) in [5.41, 5.74) is -0.354. The first-order valence-electron chi connectivity index (χ1n) is 9.53. The molecule has 7 nitrogen and oxygen atoms in total. The summed E-state index contributed by atoms with van der Waals surface area (Å²) in [6, 6.07) is 1.22. The molecular weight excluding hydrogens is 352 g/mol. The van der Waals surface area contributed by atoms with Crippen molar-refractivity contribution in [2.75, 3.05) is 19.8 Å². The first-order valence-corrected chi connectivity index (χ1v) is 9.53. The Morgan fingerprint density at radius 2 is 1.26 bits per heavy atom. The van der Waals surface area contributed by atoms with Crippen LogP contribution < -0.4 is 14.2 Å². The van der Waals surface area contributed by atoms with Crippen LogP contribution in [0.5, 0.6) is 17.2 Å². The number of benzene rings is 1. The quantitative estimate of drug-likeness (QED) is 0.453. The van der Waals surface area contributed by atoms with Crippen molar-refractivity contribution in [3.8, 4) is 17.2 Å². The third-order valence-corrected chi connectivity index (χ3v) is 3.89. The largest absolute Gasteiger partial charge is 0.493 e. The van der Waals surface area contributed by atoms with Crippen molar-refractivity contribution in [3.05, 3.63) is 17.2 Å². The van der Waals surface area contributed by atoms with E-state index in [1.807, 2.05) is 20.8 Å². The Hall–Kier alpha value is -2.44. The van der Waals surface area contributed by atoms with Gasteiger partial charge in [0.1, 0.15) is 16.9 Å². The molecule has 0 aliphatic carbocycles. The van der Waals surface area contributed by atoms with E-state index in [2.05, 4.69) is 0 Å². The molecule has 0 aliphatic rings. The monoisotopic (exact) mass is 382 g/mol. The van der Waals surface area contributed by atoms with Crippen molar-refractivity contribution in [3.63, 3.8) is 0 Å². The third-order valence-electron chi connectivity index (χ3n) is 3.89. The Balaban J connectivity index is 3.47. The second-order valence-corrected chi connectivity index (χ2v) is 6.17. The predicted molar refractivity (Wildman–Crippen MR) is 102 cm³/mol. The molecule has 0 aromatic heterocycles. The number of carbonyl (C=O) groups is 2. The van der Waals surface area contributed by atoms with E-state index in [9.17, 15) is 19.8 Å². The second kappa shape index (κ2) is 12.0. The predicted octanol–water partition coefficient (Wildman–Crippen LogP) is 4.62. The lowest BCUT2D eigenvalue weighted by atomic mass is 10.1. The van der Waals surface area contributed by atoms with E-state index in [0.29, 0.717) is 19.4 Å². The summed E-state index contributed by atoms with van der Waals surface area (Å²) in [7, 11) is 0. The highest BCUT2D eigenvalue weighted by Crippen LogP contribution is 2.41. The van der Waals surface area contributed by atoms with Crippen LogP contribution in [0.15, 0.2) is 6.07 Å². The number of rotatable bonds is 14. The summed E-state index contributed by atoms with van der Waals surface area (Å²) in [5, 5.41) is 19.3. The normalized spacial score (nSPS) is 10.5. The van der Waals surface area contributed by atoms with Crippen LogP contribution in [-0.2, 0) is 0 Å². The number of carboxylic acids is 2. The Kier molecular flexibility index (Phi) is 10.1. The molecule has 0 atom stereocenters. The Morgan fingerprint density at radius 1 is 0.778 bits per heavy atom. The van der Waals surface area contributed by atoms with Gasteiger partial charge in [-0.15, -0.1) is 0 Å². The lowest BCUT2D eigenvalue weighted by Crippen LogP contribution is -2.14. The zero-order valence-electron chi connectivity index (χ0n) is 16.4. The zero-order chi connectivity index (χ0) is 20.2. The van der Waals surface area contributed by atoms with E-state index in [0.717, 1.165) is 25.7 Å². The molecule has 7 heteroatoms. The van der Waals surface area contributed by atoms with Crippen LogP contribution in [0.4, 0.5) is 0 Å². The maximum Gasteiger partial charge on any atom is 0.343 e. The van der Waals surface area contributed by atoms with Gasteiger partial charge in [0.25, 0.3) is 0 Å². The van der Waals surface area contributed by atoms with Crippen molar-refractivity contribution in [1.82, 2.24) is 0 Å². The van der Waals surface area contributed by atoms with E-state index in [1.54, 1.807) is 0 Å². The molecule has 1 aromatic carbocycles. The lowest BCUT2D eigenvalue weighted by Gasteiger charge is -2.20. The van der Waals surface area contributed by atoms with Gasteiger partial charge in [-0.25, -0.2) is 9.59 Å². The number of hydrogen-bond acceptors (Lipinski definition) is 5. The summed E-state index contributed by atoms with van der Waals surface area (Å²) in [6.07, 6.45) is 4.72. The van der Waals surface area contributed by atoms with Gasteiger partial charge in [-0.05, 0) is 25.3 Å². The highest BCUT2D eigenvalue weighted by Gasteiger charge is 2.29. The Morgan fingerprint density at radius 3 is 1.70 bits per heavy atom. The fraction of sp³-hybridized carbons (Fsp3) is 0.600. The van der Waals surface area contributed by atoms with Crippen LogP contribution in [0.3, 0.4) is 0 Å². The minimum atomic E-state index is -1.25. The van der Waals surface area contributed by atoms with Crippen LogP contribution in [0.25, 0.3) is 0 Å². The summed E-state index contributed by atoms with van der Waals surface area (Å²) in [6.45, 7) is 6.77. The van der Waals surface area contributed by atoms with Crippen LogP contribution in [0, 0.1) is 0 Å². The van der Waals surface area contributed by atoms with E-state index in [1.165, 1.54) is 6.07 Å². The maximum absolute atomic E-state index is 11.9. The van der Waals surface area contributed by atoms with Crippen molar-refractivity contribution in [2.24, 2.45) is 0 Å². The van der Waals surface area contributed by atoms with Gasteiger partial charge in [0.15, 0.2) is 11.5 Å². The summed E-state index contributed by atoms with van der Waals surface area (Å²) in [5.74, 6) is -2.60. The average Bonchev–Trinajstić information content (AvgIpc) is 2.62. The van der Waals surface area contributed by atoms with Gasteiger partial charge in [-0.1, -0.05) is 40.0 Å². The lowest BCUT2D eigenvalue weighted by molar-refractivity contribution is 0.0666. The molecule has 0 unspecified atom stereocenters. The van der Waals surface area contributed by atoms with Gasteiger partial charge in [-0.3, -0.25) is 0 Å². The number of hydrogen-bond donors (Lipinski definition) is 2. The molecule has 27 heavy (non-hydrogen) atoms. The summed E-state index contributed by atoms with van der Waals surface area (Å²) >= 11 is 0. The van der Waals surface area contributed by atoms with E-state index >= 15 is 0 Å². The highest BCUT2D eigenvalue weighted by molar-refractivity contribution is 6.00. The highest BCUT2D eigenvalue weighted by atomic mass is 16.5. The number of carboxylic acid groups (broad SMARTS) is 2. The van der Waals surface area contributed by atoms with Crippen molar-refractivity contribution >= 4 is 11.9 Å². The summed E-state index contributed by atoms with van der Waals surface area (Å²) in [4.78, 5) is 23.7. The molecule has 0 aliphatic heterocycles. The smallest absolute Gasteiger partial charge is 0.343 e. The second-order valence-electron chi connectivity index (χ2n) is 6.17. The molecule has 0 bridgehead atoms. The SMILES string of the molecule is CCCCOc1cc(C(=O)O)c(OCCCC)c(OCCCC)c1C(=O)O. The fourth-order valence-electron chi connectivity index (χ4n) is 2.34. The first kappa shape index (κ1) is 22.6. The molecule has 0 fully saturated rings.